The lowest BCUT2D eigenvalue weighted by Crippen LogP contribution is -2.28. The third-order valence-corrected chi connectivity index (χ3v) is 2.68. The molecule has 1 heterocycles. The zero-order valence-corrected chi connectivity index (χ0v) is 11.4. The maximum Gasteiger partial charge on any atom is 0.337 e. The molecule has 7 nitrogen and oxygen atoms in total. The fourth-order valence-corrected chi connectivity index (χ4v) is 1.61. The quantitative estimate of drug-likeness (QED) is 0.623. The van der Waals surface area contributed by atoms with Crippen molar-refractivity contribution in [1.29, 1.82) is 0 Å². The van der Waals surface area contributed by atoms with E-state index in [1.165, 1.54) is 32.4 Å². The summed E-state index contributed by atoms with van der Waals surface area (Å²) in [5.74, 6) is -0.758. The van der Waals surface area contributed by atoms with Gasteiger partial charge in [-0.2, -0.15) is 0 Å². The molecule has 1 aromatic rings. The number of aliphatic hydroxyl groups excluding tert-OH is 2. The Hall–Kier alpha value is -1.99. The molecular weight excluding hydrogens is 264 g/mol. The van der Waals surface area contributed by atoms with Crippen molar-refractivity contribution < 1.29 is 24.5 Å². The number of amides is 1. The van der Waals surface area contributed by atoms with E-state index in [1.807, 2.05) is 0 Å². The summed E-state index contributed by atoms with van der Waals surface area (Å²) in [6.45, 7) is 1.61. The van der Waals surface area contributed by atoms with Crippen molar-refractivity contribution in [3.63, 3.8) is 0 Å². The number of esters is 1. The zero-order chi connectivity index (χ0) is 15.1. The summed E-state index contributed by atoms with van der Waals surface area (Å²) < 4.78 is 4.56. The first kappa shape index (κ1) is 16.1. The van der Waals surface area contributed by atoms with Crippen molar-refractivity contribution in [1.82, 2.24) is 10.3 Å². The predicted octanol–water partition coefficient (Wildman–Crippen LogP) is -0.211. The Bertz CT molecular complexity index is 478. The van der Waals surface area contributed by atoms with E-state index in [0.717, 1.165) is 0 Å². The maximum absolute atomic E-state index is 11.4. The number of pyridine rings is 1. The lowest BCUT2D eigenvalue weighted by atomic mass is 10.1. The molecule has 0 bridgehead atoms. The molecule has 110 valence electrons. The van der Waals surface area contributed by atoms with Gasteiger partial charge in [-0.3, -0.25) is 9.78 Å². The molecule has 20 heavy (non-hydrogen) atoms. The molecule has 0 aliphatic heterocycles. The highest BCUT2D eigenvalue weighted by atomic mass is 16.5. The van der Waals surface area contributed by atoms with Gasteiger partial charge in [0.2, 0.25) is 5.91 Å². The van der Waals surface area contributed by atoms with E-state index in [2.05, 4.69) is 15.0 Å². The van der Waals surface area contributed by atoms with Crippen molar-refractivity contribution >= 4 is 11.9 Å². The van der Waals surface area contributed by atoms with Crippen LogP contribution in [-0.4, -0.2) is 46.8 Å². The molecule has 0 saturated heterocycles. The Kier molecular flexibility index (Phi) is 6.08. The van der Waals surface area contributed by atoms with Crippen LogP contribution < -0.4 is 5.32 Å². The maximum atomic E-state index is 11.4. The number of nitrogens with one attached hydrogen (secondary N) is 1. The van der Waals surface area contributed by atoms with Gasteiger partial charge >= 0.3 is 5.97 Å². The minimum absolute atomic E-state index is 0.170. The van der Waals surface area contributed by atoms with Gasteiger partial charge in [0.25, 0.3) is 0 Å². The lowest BCUT2D eigenvalue weighted by Gasteiger charge is -2.17. The Morgan fingerprint density at radius 2 is 2.15 bits per heavy atom. The second-order valence-corrected chi connectivity index (χ2v) is 4.24. The Labute approximate surface area is 116 Å². The molecular formula is C13H18N2O5. The fourth-order valence-electron chi connectivity index (χ4n) is 1.61. The van der Waals surface area contributed by atoms with E-state index in [4.69, 9.17) is 0 Å². The van der Waals surface area contributed by atoms with Crippen molar-refractivity contribution in [2.75, 3.05) is 13.7 Å². The van der Waals surface area contributed by atoms with E-state index in [9.17, 15) is 19.8 Å². The van der Waals surface area contributed by atoms with Gasteiger partial charge in [0.15, 0.2) is 0 Å². The third kappa shape index (κ3) is 4.60. The summed E-state index contributed by atoms with van der Waals surface area (Å²) in [5, 5.41) is 22.3. The molecule has 0 aromatic carbocycles. The van der Waals surface area contributed by atoms with E-state index >= 15 is 0 Å². The summed E-state index contributed by atoms with van der Waals surface area (Å²) in [7, 11) is 1.25. The van der Waals surface area contributed by atoms with Gasteiger partial charge in [0.05, 0.1) is 24.5 Å². The molecule has 1 amide bonds. The molecule has 0 spiro atoms. The fraction of sp³-hybridized carbons (Fsp3) is 0.462. The number of hydrogen-bond donors (Lipinski definition) is 3. The molecule has 2 unspecified atom stereocenters. The standard InChI is InChI=1S/C13H18N2O5/c1-8(16)14-6-4-11(17)12(18)10-7-9(3-5-15-10)13(19)20-2/h3,5,7,11-12,17-18H,4,6H2,1-2H3,(H,14,16). The monoisotopic (exact) mass is 282 g/mol. The number of ether oxygens (including phenoxy) is 1. The second kappa shape index (κ2) is 7.56. The van der Waals surface area contributed by atoms with Crippen LogP contribution in [-0.2, 0) is 9.53 Å². The number of aliphatic hydroxyl groups is 2. The zero-order valence-electron chi connectivity index (χ0n) is 11.4. The smallest absolute Gasteiger partial charge is 0.337 e. The second-order valence-electron chi connectivity index (χ2n) is 4.24. The third-order valence-electron chi connectivity index (χ3n) is 2.68. The number of carbonyl (C=O) groups is 2. The number of carbonyl (C=O) groups excluding carboxylic acids is 2. The van der Waals surface area contributed by atoms with Gasteiger partial charge < -0.3 is 20.3 Å². The molecule has 0 radical (unpaired) electrons. The van der Waals surface area contributed by atoms with Crippen LogP contribution in [0.5, 0.6) is 0 Å². The van der Waals surface area contributed by atoms with Crippen LogP contribution in [0.3, 0.4) is 0 Å². The SMILES string of the molecule is COC(=O)c1ccnc(C(O)C(O)CCNC(C)=O)c1. The van der Waals surface area contributed by atoms with Gasteiger partial charge in [-0.25, -0.2) is 4.79 Å². The first-order chi connectivity index (χ1) is 9.45. The number of nitrogens with zero attached hydrogens (tertiary/aromatic N) is 1. The summed E-state index contributed by atoms with van der Waals surface area (Å²) in [6, 6.07) is 2.81. The van der Waals surface area contributed by atoms with Gasteiger partial charge in [-0.1, -0.05) is 0 Å². The summed E-state index contributed by atoms with van der Waals surface area (Å²) in [6.07, 6.45) is -0.813. The van der Waals surface area contributed by atoms with Gasteiger partial charge in [-0.05, 0) is 18.6 Å². The van der Waals surface area contributed by atoms with Crippen LogP contribution in [0.1, 0.15) is 35.5 Å². The topological polar surface area (TPSA) is 109 Å². The normalized spacial score (nSPS) is 13.4. The van der Waals surface area contributed by atoms with Gasteiger partial charge in [-0.15, -0.1) is 0 Å². The van der Waals surface area contributed by atoms with Crippen LogP contribution in [0.2, 0.25) is 0 Å². The minimum atomic E-state index is -1.24. The van der Waals surface area contributed by atoms with Crippen LogP contribution >= 0.6 is 0 Å². The predicted molar refractivity (Wildman–Crippen MR) is 69.8 cm³/mol. The minimum Gasteiger partial charge on any atom is -0.465 e. The van der Waals surface area contributed by atoms with Crippen LogP contribution in [0.15, 0.2) is 18.3 Å². The van der Waals surface area contributed by atoms with Crippen molar-refractivity contribution in [2.24, 2.45) is 0 Å². The average molecular weight is 282 g/mol. The van der Waals surface area contributed by atoms with E-state index in [1.54, 1.807) is 0 Å². The number of aromatic nitrogens is 1. The van der Waals surface area contributed by atoms with E-state index < -0.39 is 18.2 Å². The molecule has 7 heteroatoms. The molecule has 1 rings (SSSR count). The van der Waals surface area contributed by atoms with Crippen molar-refractivity contribution in [3.05, 3.63) is 29.6 Å². The largest absolute Gasteiger partial charge is 0.465 e. The lowest BCUT2D eigenvalue weighted by molar-refractivity contribution is -0.119. The van der Waals surface area contributed by atoms with Gasteiger partial charge in [0.1, 0.15) is 6.10 Å². The average Bonchev–Trinajstić information content (AvgIpc) is 2.45. The first-order valence-electron chi connectivity index (χ1n) is 6.10. The number of rotatable bonds is 6. The Balaban J connectivity index is 2.68. The molecule has 2 atom stereocenters. The highest BCUT2D eigenvalue weighted by Gasteiger charge is 2.20. The van der Waals surface area contributed by atoms with E-state index in [0.29, 0.717) is 0 Å². The van der Waals surface area contributed by atoms with Crippen LogP contribution in [0.4, 0.5) is 0 Å². The Morgan fingerprint density at radius 3 is 2.75 bits per heavy atom. The van der Waals surface area contributed by atoms with Gasteiger partial charge in [0, 0.05) is 19.7 Å². The van der Waals surface area contributed by atoms with Crippen molar-refractivity contribution in [3.8, 4) is 0 Å². The van der Waals surface area contributed by atoms with Crippen LogP contribution in [0.25, 0.3) is 0 Å². The highest BCUT2D eigenvalue weighted by Crippen LogP contribution is 2.18. The number of methoxy groups -OCH3 is 1. The Morgan fingerprint density at radius 1 is 1.45 bits per heavy atom. The van der Waals surface area contributed by atoms with E-state index in [-0.39, 0.29) is 30.1 Å². The molecule has 3 N–H and O–H groups in total. The summed E-state index contributed by atoms with van der Waals surface area (Å²) in [4.78, 5) is 26.0. The van der Waals surface area contributed by atoms with Crippen molar-refractivity contribution in [2.45, 2.75) is 25.6 Å². The highest BCUT2D eigenvalue weighted by molar-refractivity contribution is 5.89. The molecule has 0 fully saturated rings. The number of hydrogen-bond acceptors (Lipinski definition) is 6. The molecule has 0 saturated carbocycles. The summed E-state index contributed by atoms with van der Waals surface area (Å²) in [5.41, 5.74) is 0.411. The summed E-state index contributed by atoms with van der Waals surface area (Å²) >= 11 is 0. The molecule has 1 aromatic heterocycles. The molecule has 0 aliphatic carbocycles. The first-order valence-corrected chi connectivity index (χ1v) is 6.10. The molecule has 0 aliphatic rings. The van der Waals surface area contributed by atoms with Crippen LogP contribution in [0, 0.1) is 0 Å².